The Morgan fingerprint density at radius 1 is 1.29 bits per heavy atom. The van der Waals surface area contributed by atoms with Crippen molar-refractivity contribution in [3.63, 3.8) is 0 Å². The van der Waals surface area contributed by atoms with Gasteiger partial charge in [-0.05, 0) is 24.6 Å². The molecule has 0 aromatic heterocycles. The maximum atomic E-state index is 12.0. The third-order valence-corrected chi connectivity index (χ3v) is 3.80. The Labute approximate surface area is 148 Å². The fourth-order valence-electron chi connectivity index (χ4n) is 2.03. The third kappa shape index (κ3) is 4.31. The Hall–Kier alpha value is -2.44. The van der Waals surface area contributed by atoms with Gasteiger partial charge in [-0.3, -0.25) is 14.9 Å². The third-order valence-electron chi connectivity index (χ3n) is 3.24. The van der Waals surface area contributed by atoms with Crippen molar-refractivity contribution in [1.82, 2.24) is 5.43 Å². The first-order valence-electron chi connectivity index (χ1n) is 6.98. The van der Waals surface area contributed by atoms with Crippen molar-refractivity contribution in [2.75, 3.05) is 0 Å². The van der Waals surface area contributed by atoms with Crippen molar-refractivity contribution in [2.45, 2.75) is 13.3 Å². The van der Waals surface area contributed by atoms with Crippen molar-refractivity contribution in [3.05, 3.63) is 73.2 Å². The molecule has 24 heavy (non-hydrogen) atoms. The molecule has 124 valence electrons. The van der Waals surface area contributed by atoms with Gasteiger partial charge in [-0.15, -0.1) is 0 Å². The lowest BCUT2D eigenvalue weighted by atomic mass is 10.1. The van der Waals surface area contributed by atoms with E-state index in [0.717, 1.165) is 0 Å². The molecule has 0 radical (unpaired) electrons. The van der Waals surface area contributed by atoms with E-state index in [1.54, 1.807) is 18.2 Å². The van der Waals surface area contributed by atoms with Gasteiger partial charge < -0.3 is 0 Å². The molecule has 2 aromatic carbocycles. The molecule has 0 aliphatic rings. The van der Waals surface area contributed by atoms with Crippen molar-refractivity contribution in [3.8, 4) is 0 Å². The molecule has 6 nitrogen and oxygen atoms in total. The largest absolute Gasteiger partial charge is 0.273 e. The number of aryl methyl sites for hydroxylation is 1. The van der Waals surface area contributed by atoms with E-state index in [-0.39, 0.29) is 16.3 Å². The number of nitro benzene ring substituents is 1. The summed E-state index contributed by atoms with van der Waals surface area (Å²) in [7, 11) is 0. The summed E-state index contributed by atoms with van der Waals surface area (Å²) >= 11 is 11.8. The van der Waals surface area contributed by atoms with Crippen molar-refractivity contribution >= 4 is 41.0 Å². The van der Waals surface area contributed by atoms with E-state index in [2.05, 4.69) is 10.5 Å². The standard InChI is InChI=1S/C16H13Cl2N3O3/c1-2-11-4-3-10(7-15(11)21(23)24)9-19-20-16(22)13-8-12(17)5-6-14(13)18/h3-9H,2H2,1H3,(H,20,22)/b19-9-. The summed E-state index contributed by atoms with van der Waals surface area (Å²) in [5, 5.41) is 15.4. The van der Waals surface area contributed by atoms with Gasteiger partial charge >= 0.3 is 0 Å². The summed E-state index contributed by atoms with van der Waals surface area (Å²) in [6, 6.07) is 9.26. The maximum Gasteiger partial charge on any atom is 0.273 e. The first-order valence-corrected chi connectivity index (χ1v) is 7.73. The number of carbonyl (C=O) groups is 1. The number of halogens is 2. The summed E-state index contributed by atoms with van der Waals surface area (Å²) in [5.41, 5.74) is 3.65. The minimum Gasteiger partial charge on any atom is -0.267 e. The van der Waals surface area contributed by atoms with Crippen molar-refractivity contribution in [2.24, 2.45) is 5.10 Å². The Morgan fingerprint density at radius 3 is 2.71 bits per heavy atom. The van der Waals surface area contributed by atoms with Crippen LogP contribution in [-0.2, 0) is 6.42 Å². The average molecular weight is 366 g/mol. The van der Waals surface area contributed by atoms with E-state index in [9.17, 15) is 14.9 Å². The molecule has 0 bridgehead atoms. The lowest BCUT2D eigenvalue weighted by Gasteiger charge is -2.03. The molecule has 0 aliphatic heterocycles. The molecule has 0 saturated heterocycles. The van der Waals surface area contributed by atoms with Crippen LogP contribution in [-0.4, -0.2) is 17.0 Å². The second-order valence-corrected chi connectivity index (χ2v) is 5.67. The number of nitro groups is 1. The van der Waals surface area contributed by atoms with Crippen LogP contribution < -0.4 is 5.43 Å². The first kappa shape index (κ1) is 17.9. The average Bonchev–Trinajstić information content (AvgIpc) is 2.56. The summed E-state index contributed by atoms with van der Waals surface area (Å²) in [6.45, 7) is 1.84. The topological polar surface area (TPSA) is 84.6 Å². The Morgan fingerprint density at radius 2 is 2.04 bits per heavy atom. The van der Waals surface area contributed by atoms with Gasteiger partial charge in [0.2, 0.25) is 0 Å². The van der Waals surface area contributed by atoms with Gasteiger partial charge in [0.15, 0.2) is 0 Å². The Balaban J connectivity index is 2.14. The van der Waals surface area contributed by atoms with Crippen LogP contribution >= 0.6 is 23.2 Å². The van der Waals surface area contributed by atoms with Gasteiger partial charge in [0, 0.05) is 22.2 Å². The number of hydrogen-bond donors (Lipinski definition) is 1. The van der Waals surface area contributed by atoms with Gasteiger partial charge in [0.1, 0.15) is 0 Å². The van der Waals surface area contributed by atoms with Crippen LogP contribution in [0.15, 0.2) is 41.5 Å². The van der Waals surface area contributed by atoms with E-state index in [4.69, 9.17) is 23.2 Å². The number of benzene rings is 2. The Kier molecular flexibility index (Phi) is 5.89. The SMILES string of the molecule is CCc1ccc(/C=N\NC(=O)c2cc(Cl)ccc2Cl)cc1[N+](=O)[O-]. The number of rotatable bonds is 5. The first-order chi connectivity index (χ1) is 11.4. The molecule has 2 rings (SSSR count). The summed E-state index contributed by atoms with van der Waals surface area (Å²) in [4.78, 5) is 22.6. The summed E-state index contributed by atoms with van der Waals surface area (Å²) in [6.07, 6.45) is 1.88. The van der Waals surface area contributed by atoms with E-state index in [0.29, 0.717) is 22.6 Å². The quantitative estimate of drug-likeness (QED) is 0.488. The van der Waals surface area contributed by atoms with Crippen molar-refractivity contribution in [1.29, 1.82) is 0 Å². The number of carbonyl (C=O) groups excluding carboxylic acids is 1. The molecular weight excluding hydrogens is 353 g/mol. The smallest absolute Gasteiger partial charge is 0.267 e. The fraction of sp³-hybridized carbons (Fsp3) is 0.125. The second kappa shape index (κ2) is 7.90. The van der Waals surface area contributed by atoms with Gasteiger partial charge in [-0.1, -0.05) is 42.3 Å². The highest BCUT2D eigenvalue weighted by Gasteiger charge is 2.13. The lowest BCUT2D eigenvalue weighted by molar-refractivity contribution is -0.385. The lowest BCUT2D eigenvalue weighted by Crippen LogP contribution is -2.18. The van der Waals surface area contributed by atoms with Crippen LogP contribution in [0.1, 0.15) is 28.4 Å². The zero-order valence-corrected chi connectivity index (χ0v) is 14.1. The predicted molar refractivity (Wildman–Crippen MR) is 94.0 cm³/mol. The van der Waals surface area contributed by atoms with Crippen LogP contribution in [0.3, 0.4) is 0 Å². The van der Waals surface area contributed by atoms with Gasteiger partial charge in [0.25, 0.3) is 11.6 Å². The molecule has 1 N–H and O–H groups in total. The zero-order valence-electron chi connectivity index (χ0n) is 12.6. The molecule has 2 aromatic rings. The van der Waals surface area contributed by atoms with Crippen molar-refractivity contribution < 1.29 is 9.72 Å². The predicted octanol–water partition coefficient (Wildman–Crippen LogP) is 4.23. The minimum atomic E-state index is -0.529. The highest BCUT2D eigenvalue weighted by molar-refractivity contribution is 6.35. The summed E-state index contributed by atoms with van der Waals surface area (Å²) in [5.74, 6) is -0.529. The van der Waals surface area contributed by atoms with Gasteiger partial charge in [-0.2, -0.15) is 5.10 Å². The van der Waals surface area contributed by atoms with Crippen LogP contribution in [0.4, 0.5) is 5.69 Å². The molecule has 1 amide bonds. The van der Waals surface area contributed by atoms with Crippen LogP contribution in [0, 0.1) is 10.1 Å². The van der Waals surface area contributed by atoms with Gasteiger partial charge in [-0.25, -0.2) is 5.43 Å². The molecule has 8 heteroatoms. The van der Waals surface area contributed by atoms with E-state index in [1.165, 1.54) is 24.4 Å². The molecule has 0 unspecified atom stereocenters. The fourth-order valence-corrected chi connectivity index (χ4v) is 2.40. The monoisotopic (exact) mass is 365 g/mol. The van der Waals surface area contributed by atoms with Crippen LogP contribution in [0.2, 0.25) is 10.0 Å². The number of nitrogens with zero attached hydrogens (tertiary/aromatic N) is 2. The van der Waals surface area contributed by atoms with Gasteiger partial charge in [0.05, 0.1) is 21.7 Å². The van der Waals surface area contributed by atoms with Crippen LogP contribution in [0.25, 0.3) is 0 Å². The minimum absolute atomic E-state index is 0.0191. The maximum absolute atomic E-state index is 12.0. The highest BCUT2D eigenvalue weighted by atomic mass is 35.5. The zero-order chi connectivity index (χ0) is 17.7. The van der Waals surface area contributed by atoms with Crippen LogP contribution in [0.5, 0.6) is 0 Å². The summed E-state index contributed by atoms with van der Waals surface area (Å²) < 4.78 is 0. The number of hydrazone groups is 1. The number of nitrogens with one attached hydrogen (secondary N) is 1. The molecule has 0 fully saturated rings. The normalized spacial score (nSPS) is 10.8. The molecule has 0 heterocycles. The highest BCUT2D eigenvalue weighted by Crippen LogP contribution is 2.21. The second-order valence-electron chi connectivity index (χ2n) is 4.82. The molecule has 0 saturated carbocycles. The molecule has 0 aliphatic carbocycles. The number of hydrogen-bond acceptors (Lipinski definition) is 4. The molecular formula is C16H13Cl2N3O3. The van der Waals surface area contributed by atoms with E-state index in [1.807, 2.05) is 6.92 Å². The molecule has 0 spiro atoms. The molecule has 0 atom stereocenters. The van der Waals surface area contributed by atoms with E-state index < -0.39 is 10.8 Å². The van der Waals surface area contributed by atoms with E-state index >= 15 is 0 Å². The Bertz CT molecular complexity index is 822. The number of amides is 1.